The van der Waals surface area contributed by atoms with E-state index in [4.69, 9.17) is 28.6 Å². The standard InChI is InChI=1S/C20H14ClN3O6S/c1-30-14-6-7-17(24(28)29)15(9-14)11(10-25)8-16-18(26)22-20(31)23(19(16)27)13-4-2-12(21)3-5-13/h2-10,27H,1H3,(H,22,26,31). The lowest BCUT2D eigenvalue weighted by Gasteiger charge is -2.12. The Labute approximate surface area is 185 Å². The second kappa shape index (κ2) is 8.94. The Bertz CT molecular complexity index is 1330. The van der Waals surface area contributed by atoms with Crippen LogP contribution in [0.1, 0.15) is 11.1 Å². The van der Waals surface area contributed by atoms with E-state index < -0.39 is 16.4 Å². The number of rotatable bonds is 6. The van der Waals surface area contributed by atoms with Gasteiger partial charge in [0.15, 0.2) is 11.1 Å². The van der Waals surface area contributed by atoms with Crippen molar-refractivity contribution in [2.24, 2.45) is 0 Å². The van der Waals surface area contributed by atoms with E-state index in [1.54, 1.807) is 24.3 Å². The van der Waals surface area contributed by atoms with E-state index >= 15 is 0 Å². The summed E-state index contributed by atoms with van der Waals surface area (Å²) < 4.78 is 6.15. The Hall–Kier alpha value is -3.76. The molecule has 3 rings (SSSR count). The second-order valence-corrected chi connectivity index (χ2v) is 6.99. The van der Waals surface area contributed by atoms with Gasteiger partial charge in [-0.1, -0.05) is 11.6 Å². The highest BCUT2D eigenvalue weighted by Crippen LogP contribution is 2.31. The molecule has 11 heteroatoms. The van der Waals surface area contributed by atoms with Crippen molar-refractivity contribution in [2.45, 2.75) is 0 Å². The number of carbonyl (C=O) groups is 1. The van der Waals surface area contributed by atoms with Gasteiger partial charge in [-0.05, 0) is 54.7 Å². The van der Waals surface area contributed by atoms with Gasteiger partial charge in [0.1, 0.15) is 11.3 Å². The number of aromatic amines is 1. The van der Waals surface area contributed by atoms with Crippen LogP contribution in [-0.2, 0) is 4.79 Å². The summed E-state index contributed by atoms with van der Waals surface area (Å²) in [7, 11) is 1.36. The first-order valence-corrected chi connectivity index (χ1v) is 9.39. The van der Waals surface area contributed by atoms with Crippen LogP contribution in [-0.4, -0.2) is 33.0 Å². The first-order chi connectivity index (χ1) is 14.8. The third kappa shape index (κ3) is 4.39. The largest absolute Gasteiger partial charge is 0.497 e. The maximum Gasteiger partial charge on any atom is 0.277 e. The van der Waals surface area contributed by atoms with Crippen LogP contribution in [0.2, 0.25) is 5.02 Å². The van der Waals surface area contributed by atoms with Crippen molar-refractivity contribution in [3.63, 3.8) is 0 Å². The summed E-state index contributed by atoms with van der Waals surface area (Å²) in [6.45, 7) is 0. The summed E-state index contributed by atoms with van der Waals surface area (Å²) in [6.07, 6.45) is 1.39. The van der Waals surface area contributed by atoms with Crippen LogP contribution in [0.25, 0.3) is 17.3 Å². The summed E-state index contributed by atoms with van der Waals surface area (Å²) in [4.78, 5) is 37.4. The average Bonchev–Trinajstić information content (AvgIpc) is 2.74. The Morgan fingerprint density at radius 2 is 1.97 bits per heavy atom. The van der Waals surface area contributed by atoms with Crippen LogP contribution in [0.15, 0.2) is 47.3 Å². The van der Waals surface area contributed by atoms with Gasteiger partial charge in [0, 0.05) is 16.7 Å². The maximum absolute atomic E-state index is 12.5. The van der Waals surface area contributed by atoms with E-state index in [0.717, 1.165) is 6.08 Å². The minimum atomic E-state index is -0.780. The molecule has 158 valence electrons. The van der Waals surface area contributed by atoms with Gasteiger partial charge in [-0.2, -0.15) is 0 Å². The zero-order chi connectivity index (χ0) is 22.7. The SMILES string of the molecule is COc1ccc([N+](=O)[O-])c(C(C=O)=Cc2c(O)n(-c3ccc(Cl)cc3)c(=S)[nH]c2=O)c1. The molecule has 0 aliphatic heterocycles. The van der Waals surface area contributed by atoms with Crippen molar-refractivity contribution in [3.05, 3.63) is 83.9 Å². The van der Waals surface area contributed by atoms with Crippen molar-refractivity contribution in [1.29, 1.82) is 0 Å². The highest BCUT2D eigenvalue weighted by atomic mass is 35.5. The molecular formula is C20H14ClN3O6S. The third-order valence-electron chi connectivity index (χ3n) is 4.34. The van der Waals surface area contributed by atoms with Gasteiger partial charge in [-0.15, -0.1) is 0 Å². The van der Waals surface area contributed by atoms with Crippen LogP contribution in [0.4, 0.5) is 5.69 Å². The molecule has 0 atom stereocenters. The van der Waals surface area contributed by atoms with Crippen LogP contribution in [0.3, 0.4) is 0 Å². The molecule has 0 aliphatic rings. The van der Waals surface area contributed by atoms with Crippen molar-refractivity contribution in [1.82, 2.24) is 9.55 Å². The number of methoxy groups -OCH3 is 1. The lowest BCUT2D eigenvalue weighted by atomic mass is 10.0. The monoisotopic (exact) mass is 459 g/mol. The molecule has 0 saturated carbocycles. The Balaban J connectivity index is 2.28. The summed E-state index contributed by atoms with van der Waals surface area (Å²) >= 11 is 11.0. The third-order valence-corrected chi connectivity index (χ3v) is 4.88. The molecule has 0 fully saturated rings. The van der Waals surface area contributed by atoms with E-state index in [1.807, 2.05) is 0 Å². The first-order valence-electron chi connectivity index (χ1n) is 8.60. The number of aromatic hydroxyl groups is 1. The number of H-pyrrole nitrogens is 1. The number of benzene rings is 2. The predicted octanol–water partition coefficient (Wildman–Crippen LogP) is 3.91. The van der Waals surface area contributed by atoms with E-state index in [9.17, 15) is 24.8 Å². The zero-order valence-corrected chi connectivity index (χ0v) is 17.4. The summed E-state index contributed by atoms with van der Waals surface area (Å²) in [5, 5.41) is 22.6. The number of aldehydes is 1. The molecule has 1 aromatic heterocycles. The van der Waals surface area contributed by atoms with Crippen molar-refractivity contribution in [2.75, 3.05) is 7.11 Å². The van der Waals surface area contributed by atoms with Crippen LogP contribution >= 0.6 is 23.8 Å². The quantitative estimate of drug-likeness (QED) is 0.188. The minimum absolute atomic E-state index is 0.0846. The van der Waals surface area contributed by atoms with Crippen molar-refractivity contribution >= 4 is 47.4 Å². The average molecular weight is 460 g/mol. The highest BCUT2D eigenvalue weighted by Gasteiger charge is 2.20. The van der Waals surface area contributed by atoms with Gasteiger partial charge >= 0.3 is 0 Å². The molecular weight excluding hydrogens is 446 g/mol. The number of halogens is 1. The number of hydrogen-bond acceptors (Lipinski definition) is 7. The summed E-state index contributed by atoms with van der Waals surface area (Å²) in [5.41, 5.74) is -1.37. The van der Waals surface area contributed by atoms with E-state index in [0.29, 0.717) is 17.0 Å². The predicted molar refractivity (Wildman–Crippen MR) is 117 cm³/mol. The normalized spacial score (nSPS) is 11.2. The minimum Gasteiger partial charge on any atom is -0.497 e. The lowest BCUT2D eigenvalue weighted by molar-refractivity contribution is -0.385. The van der Waals surface area contributed by atoms with Gasteiger partial charge in [-0.25, -0.2) is 0 Å². The topological polar surface area (TPSA) is 127 Å². The van der Waals surface area contributed by atoms with Crippen molar-refractivity contribution in [3.8, 4) is 17.3 Å². The molecule has 0 radical (unpaired) electrons. The van der Waals surface area contributed by atoms with Crippen molar-refractivity contribution < 1.29 is 19.6 Å². The highest BCUT2D eigenvalue weighted by molar-refractivity contribution is 7.71. The van der Waals surface area contributed by atoms with Gasteiger partial charge in [0.2, 0.25) is 5.88 Å². The fraction of sp³-hybridized carbons (Fsp3) is 0.0500. The number of nitrogens with one attached hydrogen (secondary N) is 1. The molecule has 0 unspecified atom stereocenters. The Morgan fingerprint density at radius 3 is 2.55 bits per heavy atom. The number of aromatic nitrogens is 2. The molecule has 9 nitrogen and oxygen atoms in total. The number of hydrogen-bond donors (Lipinski definition) is 2. The summed E-state index contributed by atoms with van der Waals surface area (Å²) in [6, 6.07) is 10.1. The number of nitrogens with zero attached hydrogens (tertiary/aromatic N) is 2. The van der Waals surface area contributed by atoms with Gasteiger partial charge in [0.05, 0.1) is 23.3 Å². The smallest absolute Gasteiger partial charge is 0.277 e. The number of nitro benzene ring substituents is 1. The molecule has 0 bridgehead atoms. The molecule has 0 saturated heterocycles. The lowest BCUT2D eigenvalue weighted by Crippen LogP contribution is -2.16. The molecule has 0 spiro atoms. The molecule has 2 N–H and O–H groups in total. The van der Waals surface area contributed by atoms with Gasteiger partial charge in [-0.3, -0.25) is 29.3 Å². The van der Waals surface area contributed by atoms with E-state index in [2.05, 4.69) is 4.98 Å². The first kappa shape index (κ1) is 21.9. The number of allylic oxidation sites excluding steroid dienone is 1. The Morgan fingerprint density at radius 1 is 1.29 bits per heavy atom. The van der Waals surface area contributed by atoms with Crippen LogP contribution in [0, 0.1) is 14.9 Å². The van der Waals surface area contributed by atoms with E-state index in [1.165, 1.54) is 29.9 Å². The molecule has 2 aromatic carbocycles. The van der Waals surface area contributed by atoms with Crippen LogP contribution in [0.5, 0.6) is 11.6 Å². The maximum atomic E-state index is 12.5. The Kier molecular flexibility index (Phi) is 6.33. The number of ether oxygens (including phenoxy) is 1. The zero-order valence-electron chi connectivity index (χ0n) is 15.9. The van der Waals surface area contributed by atoms with Gasteiger partial charge < -0.3 is 9.84 Å². The van der Waals surface area contributed by atoms with E-state index in [-0.39, 0.29) is 32.9 Å². The molecule has 31 heavy (non-hydrogen) atoms. The van der Waals surface area contributed by atoms with Crippen LogP contribution < -0.4 is 10.3 Å². The molecule has 0 aliphatic carbocycles. The molecule has 0 amide bonds. The fourth-order valence-electron chi connectivity index (χ4n) is 2.86. The number of nitro groups is 1. The number of carbonyl (C=O) groups excluding carboxylic acids is 1. The fourth-order valence-corrected chi connectivity index (χ4v) is 3.27. The summed E-state index contributed by atoms with van der Waals surface area (Å²) in [5.74, 6) is -0.287. The molecule has 3 aromatic rings. The second-order valence-electron chi connectivity index (χ2n) is 6.17. The van der Waals surface area contributed by atoms with Gasteiger partial charge in [0.25, 0.3) is 11.2 Å². The molecule has 1 heterocycles.